The van der Waals surface area contributed by atoms with E-state index in [-0.39, 0.29) is 0 Å². The molecule has 3 aromatic rings. The van der Waals surface area contributed by atoms with Gasteiger partial charge in [-0.1, -0.05) is 25.3 Å². The van der Waals surface area contributed by atoms with Gasteiger partial charge in [-0.15, -0.1) is 16.4 Å². The molecule has 1 aliphatic carbocycles. The molecule has 4 rings (SSSR count). The summed E-state index contributed by atoms with van der Waals surface area (Å²) in [7, 11) is 0. The highest BCUT2D eigenvalue weighted by atomic mass is 32.1. The fraction of sp³-hybridized carbons (Fsp3) is 0.350. The first-order valence-electron chi connectivity index (χ1n) is 9.13. The van der Waals surface area contributed by atoms with Gasteiger partial charge < -0.3 is 5.32 Å². The summed E-state index contributed by atoms with van der Waals surface area (Å²) in [6.07, 6.45) is 12.4. The van der Waals surface area contributed by atoms with Crippen LogP contribution in [0.5, 0.6) is 0 Å². The van der Waals surface area contributed by atoms with E-state index in [2.05, 4.69) is 34.2 Å². The van der Waals surface area contributed by atoms with Crippen molar-refractivity contribution in [3.05, 3.63) is 35.3 Å². The van der Waals surface area contributed by atoms with Crippen molar-refractivity contribution in [3.8, 4) is 10.6 Å². The van der Waals surface area contributed by atoms with Gasteiger partial charge in [0.25, 0.3) is 0 Å². The minimum absolute atomic E-state index is 0.528. The van der Waals surface area contributed by atoms with Crippen LogP contribution in [0.15, 0.2) is 35.5 Å². The summed E-state index contributed by atoms with van der Waals surface area (Å²) in [4.78, 5) is 10.8. The number of imidazole rings is 1. The molecule has 0 aromatic carbocycles. The van der Waals surface area contributed by atoms with E-state index in [1.54, 1.807) is 11.3 Å². The third kappa shape index (κ3) is 3.29. The highest BCUT2D eigenvalue weighted by molar-refractivity contribution is 7.16. The Morgan fingerprint density at radius 3 is 2.92 bits per heavy atom. The van der Waals surface area contributed by atoms with E-state index in [0.29, 0.717) is 6.04 Å². The Bertz CT molecular complexity index is 946. The van der Waals surface area contributed by atoms with Crippen LogP contribution >= 0.6 is 11.3 Å². The van der Waals surface area contributed by atoms with Crippen molar-refractivity contribution in [1.29, 1.82) is 0 Å². The Labute approximate surface area is 157 Å². The van der Waals surface area contributed by atoms with E-state index in [9.17, 15) is 0 Å². The van der Waals surface area contributed by atoms with Crippen LogP contribution in [0, 0.1) is 0 Å². The molecule has 0 radical (unpaired) electrons. The molecule has 1 fully saturated rings. The molecule has 6 heteroatoms. The maximum absolute atomic E-state index is 4.80. The molecule has 0 aliphatic heterocycles. The fourth-order valence-electron chi connectivity index (χ4n) is 3.49. The number of nitrogens with one attached hydrogen (secondary N) is 1. The molecule has 3 heterocycles. The third-order valence-electron chi connectivity index (χ3n) is 4.80. The molecule has 1 saturated carbocycles. The van der Waals surface area contributed by atoms with Crippen LogP contribution in [0.25, 0.3) is 22.3 Å². The molecular weight excluding hydrogens is 342 g/mol. The van der Waals surface area contributed by atoms with Gasteiger partial charge in [-0.2, -0.15) is 0 Å². The number of hydrogen-bond acceptors (Lipinski definition) is 5. The average Bonchev–Trinajstić information content (AvgIpc) is 3.26. The molecule has 134 valence electrons. The highest BCUT2D eigenvalue weighted by Gasteiger charge is 2.16. The summed E-state index contributed by atoms with van der Waals surface area (Å²) in [5, 5.41) is 8.40. The second-order valence-electron chi connectivity index (χ2n) is 6.63. The van der Waals surface area contributed by atoms with Gasteiger partial charge in [-0.3, -0.25) is 4.99 Å². The standard InChI is InChI=1S/C20H23N5S/c1-3-7-17-15(21-2)12-18(26-17)16-13-22-20-11-10-19(24-25(16)20)23-14-8-5-4-6-9-14/h3,7,10-14H,2,4-6,8-9H2,1H3,(H,23,24)/b7-3-. The average molecular weight is 366 g/mol. The number of anilines is 1. The molecule has 1 N–H and O–H groups in total. The van der Waals surface area contributed by atoms with E-state index in [4.69, 9.17) is 5.10 Å². The molecule has 3 aromatic heterocycles. The molecule has 0 spiro atoms. The van der Waals surface area contributed by atoms with Crippen LogP contribution in [0.1, 0.15) is 43.9 Å². The van der Waals surface area contributed by atoms with Crippen LogP contribution in [0.4, 0.5) is 11.5 Å². The van der Waals surface area contributed by atoms with Crippen molar-refractivity contribution < 1.29 is 0 Å². The topological polar surface area (TPSA) is 54.6 Å². The van der Waals surface area contributed by atoms with E-state index in [0.717, 1.165) is 32.6 Å². The van der Waals surface area contributed by atoms with Gasteiger partial charge in [0.05, 0.1) is 21.6 Å². The lowest BCUT2D eigenvalue weighted by Gasteiger charge is -2.23. The Morgan fingerprint density at radius 2 is 2.15 bits per heavy atom. The zero-order valence-corrected chi connectivity index (χ0v) is 15.8. The van der Waals surface area contributed by atoms with E-state index >= 15 is 0 Å². The molecule has 0 bridgehead atoms. The van der Waals surface area contributed by atoms with Crippen LogP contribution < -0.4 is 5.32 Å². The Balaban J connectivity index is 1.69. The Hall–Kier alpha value is -2.47. The molecule has 1 aliphatic rings. The lowest BCUT2D eigenvalue weighted by Crippen LogP contribution is -2.23. The van der Waals surface area contributed by atoms with Gasteiger partial charge in [-0.25, -0.2) is 9.50 Å². The lowest BCUT2D eigenvalue weighted by atomic mass is 9.95. The summed E-state index contributed by atoms with van der Waals surface area (Å²) in [6.45, 7) is 5.69. The number of aliphatic imine (C=N–C) groups is 1. The Kier molecular flexibility index (Phi) is 4.84. The van der Waals surface area contributed by atoms with Gasteiger partial charge in [-0.05, 0) is 50.8 Å². The molecular formula is C20H23N5S. The zero-order chi connectivity index (χ0) is 17.9. The maximum Gasteiger partial charge on any atom is 0.154 e. The molecule has 5 nitrogen and oxygen atoms in total. The largest absolute Gasteiger partial charge is 0.366 e. The van der Waals surface area contributed by atoms with Gasteiger partial charge in [0.15, 0.2) is 5.65 Å². The summed E-state index contributed by atoms with van der Waals surface area (Å²) in [5.74, 6) is 0.913. The first-order valence-corrected chi connectivity index (χ1v) is 9.95. The number of thiophene rings is 1. The van der Waals surface area contributed by atoms with Crippen LogP contribution in [-0.2, 0) is 0 Å². The normalized spacial score (nSPS) is 15.7. The number of nitrogens with zero attached hydrogens (tertiary/aromatic N) is 4. The first kappa shape index (κ1) is 17.0. The predicted molar refractivity (Wildman–Crippen MR) is 111 cm³/mol. The highest BCUT2D eigenvalue weighted by Crippen LogP contribution is 2.37. The smallest absolute Gasteiger partial charge is 0.154 e. The third-order valence-corrected chi connectivity index (χ3v) is 5.91. The van der Waals surface area contributed by atoms with Gasteiger partial charge in [0, 0.05) is 6.04 Å². The quantitative estimate of drug-likeness (QED) is 0.602. The summed E-state index contributed by atoms with van der Waals surface area (Å²) in [6, 6.07) is 6.63. The number of fused-ring (bicyclic) bond motifs is 1. The number of hydrogen-bond donors (Lipinski definition) is 1. The zero-order valence-electron chi connectivity index (χ0n) is 15.0. The number of aromatic nitrogens is 3. The maximum atomic E-state index is 4.80. The van der Waals surface area contributed by atoms with Gasteiger partial charge in [0.2, 0.25) is 0 Å². The second kappa shape index (κ2) is 7.41. The van der Waals surface area contributed by atoms with Gasteiger partial charge in [0.1, 0.15) is 11.5 Å². The molecule has 0 amide bonds. The second-order valence-corrected chi connectivity index (χ2v) is 7.71. The molecule has 0 atom stereocenters. The monoisotopic (exact) mass is 365 g/mol. The van der Waals surface area contributed by atoms with Crippen molar-refractivity contribution in [1.82, 2.24) is 14.6 Å². The van der Waals surface area contributed by atoms with E-state index < -0.39 is 0 Å². The molecule has 0 unspecified atom stereocenters. The predicted octanol–water partition coefficient (Wildman–Crippen LogP) is 5.57. The number of rotatable bonds is 5. The fourth-order valence-corrected chi connectivity index (χ4v) is 4.57. The SMILES string of the molecule is C=Nc1cc(-c2cnc3ccc(NC4CCCCC4)nn23)sc1/C=C\C. The van der Waals surface area contributed by atoms with E-state index in [1.807, 2.05) is 35.8 Å². The molecule has 26 heavy (non-hydrogen) atoms. The first-order chi connectivity index (χ1) is 12.8. The summed E-state index contributed by atoms with van der Waals surface area (Å²) in [5.41, 5.74) is 2.73. The van der Waals surface area contributed by atoms with E-state index in [1.165, 1.54) is 32.1 Å². The van der Waals surface area contributed by atoms with Crippen molar-refractivity contribution in [2.24, 2.45) is 4.99 Å². The summed E-state index contributed by atoms with van der Waals surface area (Å²) >= 11 is 1.68. The van der Waals surface area contributed by atoms with Crippen LogP contribution in [0.2, 0.25) is 0 Å². The molecule has 0 saturated heterocycles. The summed E-state index contributed by atoms with van der Waals surface area (Å²) < 4.78 is 1.92. The number of allylic oxidation sites excluding steroid dienone is 1. The van der Waals surface area contributed by atoms with Crippen molar-refractivity contribution >= 4 is 41.3 Å². The van der Waals surface area contributed by atoms with Crippen LogP contribution in [0.3, 0.4) is 0 Å². The van der Waals surface area contributed by atoms with Crippen molar-refractivity contribution in [2.75, 3.05) is 5.32 Å². The lowest BCUT2D eigenvalue weighted by molar-refractivity contribution is 0.461. The van der Waals surface area contributed by atoms with Crippen molar-refractivity contribution in [3.63, 3.8) is 0 Å². The minimum Gasteiger partial charge on any atom is -0.366 e. The van der Waals surface area contributed by atoms with Crippen molar-refractivity contribution in [2.45, 2.75) is 45.1 Å². The van der Waals surface area contributed by atoms with Crippen LogP contribution in [-0.4, -0.2) is 27.4 Å². The minimum atomic E-state index is 0.528. The van der Waals surface area contributed by atoms with Gasteiger partial charge >= 0.3 is 0 Å². The Morgan fingerprint density at radius 1 is 1.31 bits per heavy atom.